The quantitative estimate of drug-likeness (QED) is 0.188. The highest BCUT2D eigenvalue weighted by atomic mass is 32.1. The van der Waals surface area contributed by atoms with Gasteiger partial charge in [0.05, 0.1) is 18.8 Å². The zero-order valence-electron chi connectivity index (χ0n) is 23.1. The first-order chi connectivity index (χ1) is 21.3. The summed E-state index contributed by atoms with van der Waals surface area (Å²) in [5.41, 5.74) is 10.1. The van der Waals surface area contributed by atoms with E-state index in [1.54, 1.807) is 0 Å². The minimum Gasteiger partial charge on any atom is -0.133 e. The Morgan fingerprint density at radius 2 is 0.581 bits per heavy atom. The predicted octanol–water partition coefficient (Wildman–Crippen LogP) is 13.2. The number of rotatable bonds is 4. The van der Waals surface area contributed by atoms with Crippen molar-refractivity contribution < 1.29 is 0 Å². The van der Waals surface area contributed by atoms with Gasteiger partial charge in [-0.15, -0.1) is 34.0 Å². The summed E-state index contributed by atoms with van der Waals surface area (Å²) in [7, 11) is 0. The molecule has 43 heavy (non-hydrogen) atoms. The Morgan fingerprint density at radius 1 is 0.256 bits per heavy atom. The van der Waals surface area contributed by atoms with Crippen LogP contribution in [0.5, 0.6) is 0 Å². The van der Waals surface area contributed by atoms with Gasteiger partial charge in [0.1, 0.15) is 0 Å². The fourth-order valence-electron chi connectivity index (χ4n) is 6.08. The van der Waals surface area contributed by atoms with Gasteiger partial charge in [-0.3, -0.25) is 0 Å². The van der Waals surface area contributed by atoms with E-state index in [2.05, 4.69) is 146 Å². The van der Waals surface area contributed by atoms with Crippen LogP contribution in [0.25, 0.3) is 83.5 Å². The van der Waals surface area contributed by atoms with Gasteiger partial charge in [0.15, 0.2) is 0 Å². The van der Waals surface area contributed by atoms with Crippen molar-refractivity contribution >= 4 is 73.0 Å². The molecule has 9 aromatic rings. The molecule has 0 bridgehead atoms. The van der Waals surface area contributed by atoms with Crippen molar-refractivity contribution in [3.05, 3.63) is 146 Å². The third kappa shape index (κ3) is 4.24. The highest BCUT2D eigenvalue weighted by Crippen LogP contribution is 2.50. The molecule has 0 atom stereocenters. The molecule has 0 amide bonds. The Bertz CT molecular complexity index is 2230. The summed E-state index contributed by atoms with van der Waals surface area (Å²) < 4.78 is 8.45. The van der Waals surface area contributed by atoms with E-state index in [9.17, 15) is 0 Å². The maximum absolute atomic E-state index is 2.38. The molecule has 0 nitrogen and oxygen atoms in total. The minimum absolute atomic E-state index is 1.25. The topological polar surface area (TPSA) is 0 Å². The van der Waals surface area contributed by atoms with Crippen LogP contribution in [0, 0.1) is 0 Å². The molecule has 0 N–H and O–H groups in total. The SMILES string of the molecule is c1ccc(-c2ccc(-c3ccc4c(c3)sc3c4sc4c5ccc(-c6ccc(-c7ccccc7)cc6)cc5sc43)cc2)cc1. The van der Waals surface area contributed by atoms with Crippen LogP contribution >= 0.6 is 34.0 Å². The van der Waals surface area contributed by atoms with E-state index in [4.69, 9.17) is 0 Å². The van der Waals surface area contributed by atoms with Gasteiger partial charge >= 0.3 is 0 Å². The van der Waals surface area contributed by atoms with Gasteiger partial charge in [-0.1, -0.05) is 133 Å². The molecule has 3 heteroatoms. The van der Waals surface area contributed by atoms with Crippen LogP contribution < -0.4 is 0 Å². The van der Waals surface area contributed by atoms with Gasteiger partial charge in [0.25, 0.3) is 0 Å². The van der Waals surface area contributed by atoms with E-state index in [1.165, 1.54) is 83.5 Å². The van der Waals surface area contributed by atoms with E-state index in [0.717, 1.165) is 0 Å². The summed E-state index contributed by atoms with van der Waals surface area (Å²) in [4.78, 5) is 0. The summed E-state index contributed by atoms with van der Waals surface area (Å²) in [5.74, 6) is 0. The van der Waals surface area contributed by atoms with Crippen LogP contribution in [0.1, 0.15) is 0 Å². The fraction of sp³-hybridized carbons (Fsp3) is 0. The molecule has 0 unspecified atom stereocenters. The minimum atomic E-state index is 1.25. The van der Waals surface area contributed by atoms with Crippen LogP contribution in [0.3, 0.4) is 0 Å². The van der Waals surface area contributed by atoms with Crippen molar-refractivity contribution in [1.82, 2.24) is 0 Å². The van der Waals surface area contributed by atoms with Crippen LogP contribution in [-0.4, -0.2) is 0 Å². The average Bonchev–Trinajstić information content (AvgIpc) is 3.73. The second kappa shape index (κ2) is 10.0. The Labute approximate surface area is 261 Å². The molecule has 0 saturated carbocycles. The van der Waals surface area contributed by atoms with Crippen molar-refractivity contribution in [3.8, 4) is 44.5 Å². The Kier molecular flexibility index (Phi) is 5.83. The van der Waals surface area contributed by atoms with Gasteiger partial charge in [0, 0.05) is 20.2 Å². The van der Waals surface area contributed by atoms with Crippen LogP contribution in [0.15, 0.2) is 146 Å². The fourth-order valence-corrected chi connectivity index (χ4v) is 10.4. The van der Waals surface area contributed by atoms with Crippen LogP contribution in [0.4, 0.5) is 0 Å². The Morgan fingerprint density at radius 3 is 0.977 bits per heavy atom. The number of fused-ring (bicyclic) bond motifs is 7. The van der Waals surface area contributed by atoms with Crippen molar-refractivity contribution in [2.45, 2.75) is 0 Å². The lowest BCUT2D eigenvalue weighted by molar-refractivity contribution is 1.60. The first kappa shape index (κ1) is 25.0. The molecule has 0 fully saturated rings. The van der Waals surface area contributed by atoms with Crippen LogP contribution in [0.2, 0.25) is 0 Å². The van der Waals surface area contributed by atoms with Crippen LogP contribution in [-0.2, 0) is 0 Å². The number of hydrogen-bond acceptors (Lipinski definition) is 3. The monoisotopic (exact) mass is 600 g/mol. The second-order valence-corrected chi connectivity index (χ2v) is 14.1. The lowest BCUT2D eigenvalue weighted by Crippen LogP contribution is -1.80. The molecule has 0 spiro atoms. The zero-order valence-corrected chi connectivity index (χ0v) is 25.5. The summed E-state index contributed by atoms with van der Waals surface area (Å²) in [5, 5.41) is 2.75. The summed E-state index contributed by atoms with van der Waals surface area (Å²) in [6.07, 6.45) is 0. The van der Waals surface area contributed by atoms with Gasteiger partial charge in [0.2, 0.25) is 0 Å². The van der Waals surface area contributed by atoms with E-state index < -0.39 is 0 Å². The lowest BCUT2D eigenvalue weighted by atomic mass is 10.00. The number of hydrogen-bond donors (Lipinski definition) is 0. The molecule has 0 saturated heterocycles. The van der Waals surface area contributed by atoms with Gasteiger partial charge in [-0.25, -0.2) is 0 Å². The van der Waals surface area contributed by atoms with Crippen molar-refractivity contribution in [2.75, 3.05) is 0 Å². The number of thiophene rings is 3. The molecule has 0 aliphatic heterocycles. The standard InChI is InChI=1S/C40H24S3/c1-3-7-25(8-4-1)27-11-15-29(16-12-27)31-19-21-33-35(23-31)41-39-37(33)43-38-34-22-20-32(24-36(34)42-40(38)39)30-17-13-28(14-18-30)26-9-5-2-6-10-26/h1-24H. The second-order valence-electron chi connectivity index (χ2n) is 10.9. The predicted molar refractivity (Wildman–Crippen MR) is 192 cm³/mol. The molecule has 3 heterocycles. The summed E-state index contributed by atoms with van der Waals surface area (Å²) in [6, 6.07) is 53.0. The highest BCUT2D eigenvalue weighted by Gasteiger charge is 2.17. The van der Waals surface area contributed by atoms with Gasteiger partial charge in [-0.05, 0) is 56.6 Å². The average molecular weight is 601 g/mol. The van der Waals surface area contributed by atoms with E-state index >= 15 is 0 Å². The van der Waals surface area contributed by atoms with Crippen molar-refractivity contribution in [3.63, 3.8) is 0 Å². The number of benzene rings is 6. The van der Waals surface area contributed by atoms with Gasteiger partial charge in [-0.2, -0.15) is 0 Å². The third-order valence-corrected chi connectivity index (χ3v) is 12.3. The lowest BCUT2D eigenvalue weighted by Gasteiger charge is -2.05. The maximum atomic E-state index is 2.38. The third-order valence-electron chi connectivity index (χ3n) is 8.35. The normalized spacial score (nSPS) is 11.7. The molecule has 3 aromatic heterocycles. The molecular formula is C40H24S3. The van der Waals surface area contributed by atoms with Crippen molar-refractivity contribution in [1.29, 1.82) is 0 Å². The molecule has 0 aliphatic carbocycles. The summed E-state index contributed by atoms with van der Waals surface area (Å²) in [6.45, 7) is 0. The molecular weight excluding hydrogens is 577 g/mol. The van der Waals surface area contributed by atoms with E-state index in [1.807, 2.05) is 34.0 Å². The maximum Gasteiger partial charge on any atom is 0.0642 e. The van der Waals surface area contributed by atoms with E-state index in [-0.39, 0.29) is 0 Å². The van der Waals surface area contributed by atoms with E-state index in [0.29, 0.717) is 0 Å². The highest BCUT2D eigenvalue weighted by molar-refractivity contribution is 7.43. The molecule has 9 rings (SSSR count). The smallest absolute Gasteiger partial charge is 0.0642 e. The van der Waals surface area contributed by atoms with Crippen molar-refractivity contribution in [2.24, 2.45) is 0 Å². The molecule has 0 radical (unpaired) electrons. The Hall–Kier alpha value is -4.54. The first-order valence-electron chi connectivity index (χ1n) is 14.4. The summed E-state index contributed by atoms with van der Waals surface area (Å²) >= 11 is 5.84. The first-order valence-corrected chi connectivity index (χ1v) is 16.9. The molecule has 0 aliphatic rings. The Balaban J connectivity index is 1.07. The van der Waals surface area contributed by atoms with Gasteiger partial charge < -0.3 is 0 Å². The largest absolute Gasteiger partial charge is 0.133 e. The molecule has 202 valence electrons. The zero-order chi connectivity index (χ0) is 28.3. The molecule has 6 aromatic carbocycles.